The molecule has 2 aromatic carbocycles. The van der Waals surface area contributed by atoms with E-state index in [0.29, 0.717) is 37.9 Å². The number of benzene rings is 2. The third-order valence-corrected chi connectivity index (χ3v) is 5.16. The van der Waals surface area contributed by atoms with E-state index in [2.05, 4.69) is 19.2 Å². The molecule has 0 unspecified atom stereocenters. The van der Waals surface area contributed by atoms with E-state index in [1.54, 1.807) is 0 Å². The van der Waals surface area contributed by atoms with Gasteiger partial charge >= 0.3 is 0 Å². The Balaban J connectivity index is 1.55. The van der Waals surface area contributed by atoms with Crippen molar-refractivity contribution in [3.05, 3.63) is 65.2 Å². The van der Waals surface area contributed by atoms with E-state index in [-0.39, 0.29) is 17.4 Å². The van der Waals surface area contributed by atoms with Gasteiger partial charge in [-0.05, 0) is 48.6 Å². The Morgan fingerprint density at radius 2 is 1.68 bits per heavy atom. The molecule has 2 amide bonds. The molecule has 1 heterocycles. The summed E-state index contributed by atoms with van der Waals surface area (Å²) in [5.41, 5.74) is 1.81. The van der Waals surface area contributed by atoms with E-state index < -0.39 is 17.5 Å². The molecule has 0 atom stereocenters. The first kappa shape index (κ1) is 20.0. The summed E-state index contributed by atoms with van der Waals surface area (Å²) in [6.45, 7) is 4.95. The number of halogens is 2. The molecule has 28 heavy (non-hydrogen) atoms. The van der Waals surface area contributed by atoms with E-state index in [1.807, 2.05) is 24.3 Å². The van der Waals surface area contributed by atoms with Gasteiger partial charge in [-0.2, -0.15) is 0 Å². The van der Waals surface area contributed by atoms with Gasteiger partial charge in [-0.15, -0.1) is 0 Å². The number of carbonyl (C=O) groups excluding carboxylic acids is 2. The first-order chi connectivity index (χ1) is 13.3. The first-order valence-corrected chi connectivity index (χ1v) is 9.50. The summed E-state index contributed by atoms with van der Waals surface area (Å²) in [5.74, 6) is -1.90. The molecule has 148 valence electrons. The van der Waals surface area contributed by atoms with Gasteiger partial charge in [-0.3, -0.25) is 9.59 Å². The number of piperidine rings is 1. The minimum atomic E-state index is -0.866. The van der Waals surface area contributed by atoms with Crippen molar-refractivity contribution in [1.29, 1.82) is 0 Å². The third-order valence-electron chi connectivity index (χ3n) is 5.16. The lowest BCUT2D eigenvalue weighted by atomic mass is 9.95. The Morgan fingerprint density at radius 3 is 2.25 bits per heavy atom. The topological polar surface area (TPSA) is 49.4 Å². The molecule has 1 aliphatic rings. The summed E-state index contributed by atoms with van der Waals surface area (Å²) in [5, 5.41) is 2.92. The lowest BCUT2D eigenvalue weighted by Crippen LogP contribution is -2.41. The van der Waals surface area contributed by atoms with Gasteiger partial charge in [-0.1, -0.05) is 26.0 Å². The molecule has 1 fully saturated rings. The summed E-state index contributed by atoms with van der Waals surface area (Å²) in [7, 11) is 0. The summed E-state index contributed by atoms with van der Waals surface area (Å²) in [6.07, 6.45) is 1.01. The van der Waals surface area contributed by atoms with Crippen molar-refractivity contribution < 1.29 is 18.4 Å². The van der Waals surface area contributed by atoms with Crippen molar-refractivity contribution in [3.8, 4) is 0 Å². The molecule has 0 bridgehead atoms. The second-order valence-electron chi connectivity index (χ2n) is 7.46. The molecular weight excluding hydrogens is 362 g/mol. The second kappa shape index (κ2) is 8.50. The van der Waals surface area contributed by atoms with Crippen LogP contribution in [0.5, 0.6) is 0 Å². The van der Waals surface area contributed by atoms with Crippen LogP contribution in [0.3, 0.4) is 0 Å². The van der Waals surface area contributed by atoms with E-state index >= 15 is 0 Å². The highest BCUT2D eigenvalue weighted by molar-refractivity contribution is 5.95. The lowest BCUT2D eigenvalue weighted by molar-refractivity contribution is -0.121. The average Bonchev–Trinajstić information content (AvgIpc) is 2.68. The van der Waals surface area contributed by atoms with E-state index in [9.17, 15) is 18.4 Å². The molecule has 2 aromatic rings. The Kier molecular flexibility index (Phi) is 6.07. The predicted molar refractivity (Wildman–Crippen MR) is 104 cm³/mol. The fraction of sp³-hybridized carbons (Fsp3) is 0.364. The minimum absolute atomic E-state index is 0.0719. The summed E-state index contributed by atoms with van der Waals surface area (Å²) < 4.78 is 26.9. The van der Waals surface area contributed by atoms with Gasteiger partial charge in [0.2, 0.25) is 5.91 Å². The van der Waals surface area contributed by atoms with Crippen molar-refractivity contribution in [2.75, 3.05) is 18.4 Å². The highest BCUT2D eigenvalue weighted by Crippen LogP contribution is 2.23. The number of nitrogens with one attached hydrogen (secondary N) is 1. The lowest BCUT2D eigenvalue weighted by Gasteiger charge is -2.31. The molecule has 6 heteroatoms. The monoisotopic (exact) mass is 386 g/mol. The van der Waals surface area contributed by atoms with Gasteiger partial charge < -0.3 is 10.2 Å². The number of hydrogen-bond donors (Lipinski definition) is 1. The number of amides is 2. The van der Waals surface area contributed by atoms with Crippen LogP contribution in [0.4, 0.5) is 14.5 Å². The molecule has 1 aliphatic heterocycles. The van der Waals surface area contributed by atoms with Gasteiger partial charge in [0.1, 0.15) is 11.6 Å². The smallest absolute Gasteiger partial charge is 0.256 e. The quantitative estimate of drug-likeness (QED) is 0.836. The highest BCUT2D eigenvalue weighted by atomic mass is 19.1. The Labute approximate surface area is 163 Å². The number of hydrogen-bond acceptors (Lipinski definition) is 2. The maximum absolute atomic E-state index is 13.8. The van der Waals surface area contributed by atoms with Gasteiger partial charge in [0, 0.05) is 30.8 Å². The van der Waals surface area contributed by atoms with E-state index in [1.165, 1.54) is 10.5 Å². The van der Waals surface area contributed by atoms with Crippen LogP contribution in [-0.4, -0.2) is 29.8 Å². The van der Waals surface area contributed by atoms with Crippen molar-refractivity contribution in [2.24, 2.45) is 5.92 Å². The van der Waals surface area contributed by atoms with Crippen molar-refractivity contribution in [3.63, 3.8) is 0 Å². The van der Waals surface area contributed by atoms with Gasteiger partial charge in [0.25, 0.3) is 5.91 Å². The standard InChI is InChI=1S/C22H24F2N2O2/c1-14(2)15-3-6-18(7-4-15)25-21(27)16-9-11-26(12-10-16)22(28)19-8-5-17(23)13-20(19)24/h3-8,13-14,16H,9-12H2,1-2H3,(H,25,27). The van der Waals surface area contributed by atoms with Crippen LogP contribution in [0.1, 0.15) is 48.5 Å². The normalized spacial score (nSPS) is 15.0. The molecule has 4 nitrogen and oxygen atoms in total. The number of nitrogens with zero attached hydrogens (tertiary/aromatic N) is 1. The maximum Gasteiger partial charge on any atom is 0.256 e. The largest absolute Gasteiger partial charge is 0.339 e. The molecule has 3 rings (SSSR count). The van der Waals surface area contributed by atoms with E-state index in [4.69, 9.17) is 0 Å². The predicted octanol–water partition coefficient (Wildman–Crippen LogP) is 4.58. The fourth-order valence-corrected chi connectivity index (χ4v) is 3.37. The number of likely N-dealkylation sites (tertiary alicyclic amines) is 1. The average molecular weight is 386 g/mol. The molecule has 0 spiro atoms. The second-order valence-corrected chi connectivity index (χ2v) is 7.46. The van der Waals surface area contributed by atoms with Gasteiger partial charge in [0.05, 0.1) is 5.56 Å². The molecule has 1 saturated heterocycles. The van der Waals surface area contributed by atoms with Gasteiger partial charge in [-0.25, -0.2) is 8.78 Å². The summed E-state index contributed by atoms with van der Waals surface area (Å²) >= 11 is 0. The van der Waals surface area contributed by atoms with Crippen LogP contribution in [0, 0.1) is 17.6 Å². The third kappa shape index (κ3) is 4.55. The SMILES string of the molecule is CC(C)c1ccc(NC(=O)C2CCN(C(=O)c3ccc(F)cc3F)CC2)cc1. The van der Waals surface area contributed by atoms with Crippen molar-refractivity contribution in [2.45, 2.75) is 32.6 Å². The molecule has 0 saturated carbocycles. The van der Waals surface area contributed by atoms with Gasteiger partial charge in [0.15, 0.2) is 0 Å². The Bertz CT molecular complexity index is 857. The molecular formula is C22H24F2N2O2. The minimum Gasteiger partial charge on any atom is -0.339 e. The van der Waals surface area contributed by atoms with E-state index in [0.717, 1.165) is 17.8 Å². The molecule has 0 radical (unpaired) electrons. The highest BCUT2D eigenvalue weighted by Gasteiger charge is 2.29. The zero-order valence-corrected chi connectivity index (χ0v) is 16.0. The zero-order chi connectivity index (χ0) is 20.3. The van der Waals surface area contributed by atoms with Crippen LogP contribution in [0.2, 0.25) is 0 Å². The van der Waals surface area contributed by atoms with Crippen LogP contribution < -0.4 is 5.32 Å². The van der Waals surface area contributed by atoms with Crippen molar-refractivity contribution in [1.82, 2.24) is 4.90 Å². The van der Waals surface area contributed by atoms with Crippen LogP contribution in [-0.2, 0) is 4.79 Å². The van der Waals surface area contributed by atoms with Crippen LogP contribution in [0.15, 0.2) is 42.5 Å². The molecule has 0 aliphatic carbocycles. The number of anilines is 1. The van der Waals surface area contributed by atoms with Crippen molar-refractivity contribution >= 4 is 17.5 Å². The Hall–Kier alpha value is -2.76. The number of carbonyl (C=O) groups is 2. The molecule has 1 N–H and O–H groups in total. The molecule has 0 aromatic heterocycles. The van der Waals surface area contributed by atoms with Crippen LogP contribution in [0.25, 0.3) is 0 Å². The first-order valence-electron chi connectivity index (χ1n) is 9.50. The zero-order valence-electron chi connectivity index (χ0n) is 16.0. The summed E-state index contributed by atoms with van der Waals surface area (Å²) in [4.78, 5) is 26.5. The number of rotatable bonds is 4. The summed E-state index contributed by atoms with van der Waals surface area (Å²) in [6, 6.07) is 10.7. The van der Waals surface area contributed by atoms with Crippen LogP contribution >= 0.6 is 0 Å². The maximum atomic E-state index is 13.8. The Morgan fingerprint density at radius 1 is 1.04 bits per heavy atom. The fourth-order valence-electron chi connectivity index (χ4n) is 3.37.